The van der Waals surface area contributed by atoms with Gasteiger partial charge in [0.05, 0.1) is 14.1 Å². The topological polar surface area (TPSA) is 50.4 Å². The largest absolute Gasteiger partial charge is 0.382 e. The molecule has 5 nitrogen and oxygen atoms in total. The van der Waals surface area contributed by atoms with E-state index in [2.05, 4.69) is 28.0 Å². The second-order valence-electron chi connectivity index (χ2n) is 4.82. The number of nitrogens with zero attached hydrogens (tertiary/aromatic N) is 4. The van der Waals surface area contributed by atoms with Crippen LogP contribution in [-0.2, 0) is 14.1 Å². The zero-order valence-corrected chi connectivity index (χ0v) is 11.8. The van der Waals surface area contributed by atoms with Crippen LogP contribution in [-0.4, -0.2) is 29.5 Å². The summed E-state index contributed by atoms with van der Waals surface area (Å²) in [5.74, 6) is 0.522. The van der Waals surface area contributed by atoms with Crippen LogP contribution in [0, 0.1) is 0 Å². The highest BCUT2D eigenvalue weighted by Gasteiger charge is 2.10. The molecule has 0 unspecified atom stereocenters. The van der Waals surface area contributed by atoms with Crippen molar-refractivity contribution in [3.8, 4) is 11.3 Å². The zero-order chi connectivity index (χ0) is 14.0. The number of aromatic nitrogens is 2. The van der Waals surface area contributed by atoms with Crippen LogP contribution in [0.25, 0.3) is 11.3 Å². The van der Waals surface area contributed by atoms with Crippen molar-refractivity contribution in [1.29, 1.82) is 0 Å². The maximum atomic E-state index is 5.92. The van der Waals surface area contributed by atoms with Gasteiger partial charge in [0, 0.05) is 25.2 Å². The Bertz CT molecular complexity index is 593. The Balaban J connectivity index is 2.31. The van der Waals surface area contributed by atoms with Gasteiger partial charge in [0.1, 0.15) is 6.20 Å². The Labute approximate surface area is 113 Å². The van der Waals surface area contributed by atoms with Crippen LogP contribution < -0.4 is 10.3 Å². The van der Waals surface area contributed by atoms with Crippen molar-refractivity contribution in [2.24, 2.45) is 24.9 Å². The van der Waals surface area contributed by atoms with Crippen molar-refractivity contribution in [3.63, 3.8) is 0 Å². The lowest BCUT2D eigenvalue weighted by Gasteiger charge is -2.07. The molecule has 0 aliphatic carbocycles. The molecule has 0 spiro atoms. The van der Waals surface area contributed by atoms with Gasteiger partial charge in [0.15, 0.2) is 11.5 Å². The molecule has 0 bridgehead atoms. The molecule has 2 N–H and O–H groups in total. The van der Waals surface area contributed by atoms with Crippen molar-refractivity contribution < 1.29 is 4.57 Å². The Kier molecular flexibility index (Phi) is 3.55. The van der Waals surface area contributed by atoms with Gasteiger partial charge in [-0.1, -0.05) is 12.1 Å². The molecule has 0 saturated carbocycles. The molecule has 0 saturated heterocycles. The number of hydrogen-bond acceptors (Lipinski definition) is 2. The molecule has 0 fully saturated rings. The molecule has 0 aliphatic heterocycles. The fraction of sp³-hybridized carbons (Fsp3) is 0.286. The number of amidine groups is 1. The lowest BCUT2D eigenvalue weighted by Crippen LogP contribution is -2.23. The lowest BCUT2D eigenvalue weighted by molar-refractivity contribution is -0.670. The Morgan fingerprint density at radius 3 is 2.37 bits per heavy atom. The summed E-state index contributed by atoms with van der Waals surface area (Å²) in [5.41, 5.74) is 9.17. The minimum Gasteiger partial charge on any atom is -0.382 e. The fourth-order valence-electron chi connectivity index (χ4n) is 2.02. The van der Waals surface area contributed by atoms with Crippen LogP contribution in [0.5, 0.6) is 0 Å². The van der Waals surface area contributed by atoms with Crippen LogP contribution >= 0.6 is 0 Å². The van der Waals surface area contributed by atoms with E-state index in [1.165, 1.54) is 0 Å². The van der Waals surface area contributed by atoms with E-state index in [1.807, 2.05) is 51.2 Å². The molecule has 19 heavy (non-hydrogen) atoms. The van der Waals surface area contributed by atoms with Gasteiger partial charge >= 0.3 is 0 Å². The van der Waals surface area contributed by atoms with Crippen molar-refractivity contribution in [2.75, 3.05) is 14.1 Å². The summed E-state index contributed by atoms with van der Waals surface area (Å²) >= 11 is 0. The third-order valence-corrected chi connectivity index (χ3v) is 2.85. The van der Waals surface area contributed by atoms with E-state index in [0.29, 0.717) is 5.84 Å². The van der Waals surface area contributed by atoms with Gasteiger partial charge in [-0.25, -0.2) is 9.13 Å². The molecule has 0 amide bonds. The molecule has 0 aliphatic rings. The molecule has 100 valence electrons. The predicted octanol–water partition coefficient (Wildman–Crippen LogP) is 0.698. The number of nitrogens with two attached hydrogens (primary N) is 1. The minimum absolute atomic E-state index is 0.522. The Hall–Kier alpha value is -2.30. The van der Waals surface area contributed by atoms with Gasteiger partial charge in [-0.3, -0.25) is 0 Å². The smallest absolute Gasteiger partial charge is 0.243 e. The Morgan fingerprint density at radius 1 is 1.26 bits per heavy atom. The van der Waals surface area contributed by atoms with Crippen LogP contribution in [0.3, 0.4) is 0 Å². The second-order valence-corrected chi connectivity index (χ2v) is 4.82. The third kappa shape index (κ3) is 2.93. The third-order valence-electron chi connectivity index (χ3n) is 2.85. The first kappa shape index (κ1) is 13.1. The lowest BCUT2D eigenvalue weighted by atomic mass is 10.1. The fourth-order valence-corrected chi connectivity index (χ4v) is 2.02. The van der Waals surface area contributed by atoms with Gasteiger partial charge in [0.2, 0.25) is 6.33 Å². The molecule has 2 aromatic rings. The maximum absolute atomic E-state index is 5.92. The van der Waals surface area contributed by atoms with Gasteiger partial charge in [-0.15, -0.1) is 0 Å². The number of rotatable bonds is 3. The average molecular weight is 258 g/mol. The minimum atomic E-state index is 0.522. The number of imidazole rings is 1. The summed E-state index contributed by atoms with van der Waals surface area (Å²) in [4.78, 5) is 0. The summed E-state index contributed by atoms with van der Waals surface area (Å²) in [6.45, 7) is 0. The maximum Gasteiger partial charge on any atom is 0.243 e. The summed E-state index contributed by atoms with van der Waals surface area (Å²) in [6, 6.07) is 8.10. The highest BCUT2D eigenvalue weighted by molar-refractivity contribution is 5.97. The van der Waals surface area contributed by atoms with Crippen molar-refractivity contribution in [2.45, 2.75) is 0 Å². The van der Waals surface area contributed by atoms with E-state index in [1.54, 1.807) is 5.01 Å². The van der Waals surface area contributed by atoms with E-state index >= 15 is 0 Å². The second kappa shape index (κ2) is 5.14. The SMILES string of the molecule is CN(C)/N=C(\N)c1ccc(-c2c[n+](C)cn2C)cc1. The number of hydrazone groups is 1. The van der Waals surface area contributed by atoms with Gasteiger partial charge in [-0.05, 0) is 12.1 Å². The Morgan fingerprint density at radius 2 is 1.89 bits per heavy atom. The molecule has 5 heteroatoms. The standard InChI is InChI=1S/C14H20N5/c1-17(2)16-14(15)12-7-5-11(6-8-12)13-9-18(3)10-19(13)4/h5-10H,1-4H3,(H2,15,16)/q+1. The molecule has 0 atom stereocenters. The van der Waals surface area contributed by atoms with Crippen molar-refractivity contribution in [1.82, 2.24) is 9.58 Å². The number of benzene rings is 1. The van der Waals surface area contributed by atoms with Crippen LogP contribution in [0.15, 0.2) is 41.9 Å². The first-order valence-electron chi connectivity index (χ1n) is 6.11. The molecule has 2 rings (SSSR count). The van der Waals surface area contributed by atoms with E-state index in [4.69, 9.17) is 5.73 Å². The van der Waals surface area contributed by atoms with Crippen LogP contribution in [0.1, 0.15) is 5.56 Å². The average Bonchev–Trinajstić information content (AvgIpc) is 2.68. The molecule has 1 aromatic carbocycles. The van der Waals surface area contributed by atoms with E-state index in [9.17, 15) is 0 Å². The van der Waals surface area contributed by atoms with Gasteiger partial charge < -0.3 is 10.7 Å². The monoisotopic (exact) mass is 258 g/mol. The summed E-state index contributed by atoms with van der Waals surface area (Å²) in [7, 11) is 7.75. The van der Waals surface area contributed by atoms with Crippen LogP contribution in [0.2, 0.25) is 0 Å². The molecule has 1 aromatic heterocycles. The molecule has 1 heterocycles. The first-order chi connectivity index (χ1) is 8.97. The van der Waals surface area contributed by atoms with Gasteiger partial charge in [-0.2, -0.15) is 5.10 Å². The van der Waals surface area contributed by atoms with E-state index in [0.717, 1.165) is 16.8 Å². The van der Waals surface area contributed by atoms with Gasteiger partial charge in [0.25, 0.3) is 0 Å². The molecular weight excluding hydrogens is 238 g/mol. The zero-order valence-electron chi connectivity index (χ0n) is 11.8. The highest BCUT2D eigenvalue weighted by Crippen LogP contribution is 2.17. The quantitative estimate of drug-likeness (QED) is 0.381. The molecular formula is C14H20N5+. The summed E-state index contributed by atoms with van der Waals surface area (Å²) in [5, 5.41) is 5.89. The predicted molar refractivity (Wildman–Crippen MR) is 76.4 cm³/mol. The first-order valence-corrected chi connectivity index (χ1v) is 6.11. The molecule has 0 radical (unpaired) electrons. The van der Waals surface area contributed by atoms with E-state index in [-0.39, 0.29) is 0 Å². The van der Waals surface area contributed by atoms with Crippen molar-refractivity contribution in [3.05, 3.63) is 42.4 Å². The number of aryl methyl sites for hydroxylation is 2. The summed E-state index contributed by atoms with van der Waals surface area (Å²) in [6.07, 6.45) is 4.12. The highest BCUT2D eigenvalue weighted by atomic mass is 15.4. The van der Waals surface area contributed by atoms with Crippen LogP contribution in [0.4, 0.5) is 0 Å². The van der Waals surface area contributed by atoms with Crippen molar-refractivity contribution >= 4 is 5.84 Å². The normalized spacial score (nSPS) is 11.7. The number of hydrogen-bond donors (Lipinski definition) is 1. The van der Waals surface area contributed by atoms with E-state index < -0.39 is 0 Å². The summed E-state index contributed by atoms with van der Waals surface area (Å²) < 4.78 is 4.12.